The highest BCUT2D eigenvalue weighted by Gasteiger charge is 2.20. The first-order valence-corrected chi connectivity index (χ1v) is 9.12. The van der Waals surface area contributed by atoms with E-state index in [4.69, 9.17) is 25.8 Å². The Morgan fingerprint density at radius 3 is 2.50 bits per heavy atom. The molecule has 7 nitrogen and oxygen atoms in total. The van der Waals surface area contributed by atoms with E-state index in [0.29, 0.717) is 34.9 Å². The molecule has 1 N–H and O–H groups in total. The molecule has 8 heteroatoms. The van der Waals surface area contributed by atoms with Crippen molar-refractivity contribution in [2.24, 2.45) is 5.92 Å². The Labute approximate surface area is 169 Å². The summed E-state index contributed by atoms with van der Waals surface area (Å²) in [5.74, 6) is 0.451. The number of hydrogen-bond acceptors (Lipinski definition) is 6. The largest absolute Gasteiger partial charge is 0.493 e. The second-order valence-corrected chi connectivity index (χ2v) is 6.91. The van der Waals surface area contributed by atoms with E-state index in [-0.39, 0.29) is 5.56 Å². The van der Waals surface area contributed by atoms with Gasteiger partial charge in [-0.3, -0.25) is 4.79 Å². The predicted molar refractivity (Wildman–Crippen MR) is 106 cm³/mol. The third-order valence-corrected chi connectivity index (χ3v) is 3.83. The summed E-state index contributed by atoms with van der Waals surface area (Å²) in [6, 6.07) is 7.86. The third kappa shape index (κ3) is 6.13. The zero-order chi connectivity index (χ0) is 20.7. The molecule has 0 aliphatic rings. The molecule has 2 aromatic rings. The number of rotatable bonds is 8. The smallest absolute Gasteiger partial charge is 0.339 e. The Hall–Kier alpha value is -2.80. The van der Waals surface area contributed by atoms with Gasteiger partial charge in [0.1, 0.15) is 5.82 Å². The van der Waals surface area contributed by atoms with Gasteiger partial charge < -0.3 is 19.5 Å². The molecule has 1 aromatic carbocycles. The fraction of sp³-hybridized carbons (Fsp3) is 0.350. The monoisotopic (exact) mass is 406 g/mol. The second kappa shape index (κ2) is 9.94. The third-order valence-electron chi connectivity index (χ3n) is 3.60. The molecule has 0 saturated heterocycles. The number of aromatic nitrogens is 1. The van der Waals surface area contributed by atoms with E-state index < -0.39 is 18.0 Å². The zero-order valence-corrected chi connectivity index (χ0v) is 16.9. The lowest BCUT2D eigenvalue weighted by molar-refractivity contribution is -0.123. The molecule has 1 aromatic heterocycles. The first-order valence-electron chi connectivity index (χ1n) is 8.74. The number of ether oxygens (including phenoxy) is 3. The lowest BCUT2D eigenvalue weighted by atomic mass is 10.2. The van der Waals surface area contributed by atoms with Gasteiger partial charge in [-0.2, -0.15) is 0 Å². The van der Waals surface area contributed by atoms with E-state index in [1.54, 1.807) is 24.3 Å². The highest BCUT2D eigenvalue weighted by molar-refractivity contribution is 6.30. The molecule has 150 valence electrons. The summed E-state index contributed by atoms with van der Waals surface area (Å²) in [6.07, 6.45) is 0.385. The van der Waals surface area contributed by atoms with Crippen LogP contribution in [0.3, 0.4) is 0 Å². The van der Waals surface area contributed by atoms with Crippen molar-refractivity contribution < 1.29 is 23.8 Å². The fourth-order valence-corrected chi connectivity index (χ4v) is 2.24. The van der Waals surface area contributed by atoms with Crippen molar-refractivity contribution in [3.05, 3.63) is 47.1 Å². The lowest BCUT2D eigenvalue weighted by Gasteiger charge is -2.15. The molecular weight excluding hydrogens is 384 g/mol. The average molecular weight is 407 g/mol. The van der Waals surface area contributed by atoms with Gasteiger partial charge >= 0.3 is 5.97 Å². The minimum Gasteiger partial charge on any atom is -0.493 e. The van der Waals surface area contributed by atoms with Crippen LogP contribution in [0.4, 0.5) is 5.82 Å². The average Bonchev–Trinajstić information content (AvgIpc) is 2.67. The number of halogens is 1. The van der Waals surface area contributed by atoms with Gasteiger partial charge in [0.05, 0.1) is 24.3 Å². The van der Waals surface area contributed by atoms with E-state index in [9.17, 15) is 9.59 Å². The van der Waals surface area contributed by atoms with Crippen molar-refractivity contribution in [2.45, 2.75) is 26.9 Å². The van der Waals surface area contributed by atoms with Crippen molar-refractivity contribution in [2.75, 3.05) is 19.0 Å². The number of carbonyl (C=O) groups excluding carboxylic acids is 2. The number of nitrogens with zero attached hydrogens (tertiary/aromatic N) is 1. The van der Waals surface area contributed by atoms with Crippen molar-refractivity contribution in [3.63, 3.8) is 0 Å². The molecule has 0 aliphatic carbocycles. The standard InChI is InChI=1S/C20H23ClN2O5/c1-12(2)11-27-16-7-5-14(9-17(16)26-4)20(25)28-13(3)19(24)23-18-8-6-15(21)10-22-18/h5-10,12-13H,11H2,1-4H3,(H,22,23,24)/t13-/m1/s1. The maximum atomic E-state index is 12.4. The quantitative estimate of drug-likeness (QED) is 0.667. The van der Waals surface area contributed by atoms with Crippen LogP contribution in [0, 0.1) is 5.92 Å². The van der Waals surface area contributed by atoms with E-state index in [1.807, 2.05) is 13.8 Å². The predicted octanol–water partition coefficient (Wildman–Crippen LogP) is 3.96. The maximum absolute atomic E-state index is 12.4. The summed E-state index contributed by atoms with van der Waals surface area (Å²) in [7, 11) is 1.49. The fourth-order valence-electron chi connectivity index (χ4n) is 2.13. The zero-order valence-electron chi connectivity index (χ0n) is 16.2. The number of esters is 1. The van der Waals surface area contributed by atoms with Gasteiger partial charge in [-0.15, -0.1) is 0 Å². The minimum absolute atomic E-state index is 0.248. The first-order chi connectivity index (χ1) is 13.3. The number of nitrogens with one attached hydrogen (secondary N) is 1. The molecule has 0 spiro atoms. The van der Waals surface area contributed by atoms with Crippen LogP contribution in [0.2, 0.25) is 5.02 Å². The molecular formula is C20H23ClN2O5. The molecule has 0 aliphatic heterocycles. The first kappa shape index (κ1) is 21.5. The Morgan fingerprint density at radius 2 is 1.89 bits per heavy atom. The van der Waals surface area contributed by atoms with Gasteiger partial charge in [0.15, 0.2) is 17.6 Å². The summed E-state index contributed by atoms with van der Waals surface area (Å²) in [5.41, 5.74) is 0.248. The molecule has 0 unspecified atom stereocenters. The molecule has 0 saturated carbocycles. The number of hydrogen-bond donors (Lipinski definition) is 1. The van der Waals surface area contributed by atoms with Crippen molar-refractivity contribution in [1.29, 1.82) is 0 Å². The highest BCUT2D eigenvalue weighted by Crippen LogP contribution is 2.29. The maximum Gasteiger partial charge on any atom is 0.339 e. The molecule has 0 radical (unpaired) electrons. The van der Waals surface area contributed by atoms with Crippen LogP contribution in [0.5, 0.6) is 11.5 Å². The van der Waals surface area contributed by atoms with Gasteiger partial charge in [0.25, 0.3) is 5.91 Å². The number of pyridine rings is 1. The molecule has 2 rings (SSSR count). The van der Waals surface area contributed by atoms with Crippen LogP contribution in [0.15, 0.2) is 36.5 Å². The number of methoxy groups -OCH3 is 1. The van der Waals surface area contributed by atoms with E-state index in [1.165, 1.54) is 26.3 Å². The Balaban J connectivity index is 2.00. The topological polar surface area (TPSA) is 86.8 Å². The van der Waals surface area contributed by atoms with Crippen LogP contribution in [0.25, 0.3) is 0 Å². The number of benzene rings is 1. The van der Waals surface area contributed by atoms with E-state index >= 15 is 0 Å². The van der Waals surface area contributed by atoms with Crippen molar-refractivity contribution in [1.82, 2.24) is 4.98 Å². The second-order valence-electron chi connectivity index (χ2n) is 6.47. The van der Waals surface area contributed by atoms with Crippen LogP contribution in [-0.4, -0.2) is 36.7 Å². The lowest BCUT2D eigenvalue weighted by Crippen LogP contribution is -2.30. The van der Waals surface area contributed by atoms with E-state index in [2.05, 4.69) is 10.3 Å². The SMILES string of the molecule is COc1cc(C(=O)O[C@H](C)C(=O)Nc2ccc(Cl)cn2)ccc1OCC(C)C. The van der Waals surface area contributed by atoms with E-state index in [0.717, 1.165) is 0 Å². The van der Waals surface area contributed by atoms with Crippen LogP contribution >= 0.6 is 11.6 Å². The number of amides is 1. The molecule has 1 amide bonds. The van der Waals surface area contributed by atoms with Gasteiger partial charge in [0.2, 0.25) is 0 Å². The van der Waals surface area contributed by atoms with Crippen molar-refractivity contribution in [3.8, 4) is 11.5 Å². The highest BCUT2D eigenvalue weighted by atomic mass is 35.5. The van der Waals surface area contributed by atoms with Crippen LogP contribution in [-0.2, 0) is 9.53 Å². The van der Waals surface area contributed by atoms with Crippen LogP contribution in [0.1, 0.15) is 31.1 Å². The van der Waals surface area contributed by atoms with Gasteiger partial charge in [-0.1, -0.05) is 25.4 Å². The molecule has 0 bridgehead atoms. The summed E-state index contributed by atoms with van der Waals surface area (Å²) in [5, 5.41) is 3.01. The van der Waals surface area contributed by atoms with Gasteiger partial charge in [0, 0.05) is 6.20 Å². The van der Waals surface area contributed by atoms with Crippen molar-refractivity contribution >= 4 is 29.3 Å². The van der Waals surface area contributed by atoms with Gasteiger partial charge in [-0.25, -0.2) is 9.78 Å². The summed E-state index contributed by atoms with van der Waals surface area (Å²) in [6.45, 7) is 6.06. The molecule has 28 heavy (non-hydrogen) atoms. The molecule has 1 atom stereocenters. The van der Waals surface area contributed by atoms with Gasteiger partial charge in [-0.05, 0) is 43.2 Å². The number of carbonyl (C=O) groups is 2. The summed E-state index contributed by atoms with van der Waals surface area (Å²) < 4.78 is 16.2. The Kier molecular flexibility index (Phi) is 7.63. The summed E-state index contributed by atoms with van der Waals surface area (Å²) >= 11 is 5.75. The molecule has 0 fully saturated rings. The Morgan fingerprint density at radius 1 is 1.14 bits per heavy atom. The Bertz CT molecular complexity index is 824. The normalized spacial score (nSPS) is 11.6. The number of anilines is 1. The summed E-state index contributed by atoms with van der Waals surface area (Å²) in [4.78, 5) is 28.5. The van der Waals surface area contributed by atoms with Crippen LogP contribution < -0.4 is 14.8 Å². The molecule has 1 heterocycles. The minimum atomic E-state index is -1.02.